The van der Waals surface area contributed by atoms with Crippen molar-refractivity contribution in [3.63, 3.8) is 0 Å². The van der Waals surface area contributed by atoms with Gasteiger partial charge in [0, 0.05) is 25.2 Å². The van der Waals surface area contributed by atoms with Gasteiger partial charge in [-0.15, -0.1) is 0 Å². The summed E-state index contributed by atoms with van der Waals surface area (Å²) in [5.74, 6) is 0.256. The van der Waals surface area contributed by atoms with Gasteiger partial charge in [0.05, 0.1) is 37.0 Å². The Hall–Kier alpha value is -2.98. The molecule has 0 saturated carbocycles. The van der Waals surface area contributed by atoms with E-state index < -0.39 is 10.0 Å². The Morgan fingerprint density at radius 2 is 1.70 bits per heavy atom. The first-order valence-electron chi connectivity index (χ1n) is 10.8. The van der Waals surface area contributed by atoms with E-state index in [2.05, 4.69) is 14.9 Å². The van der Waals surface area contributed by atoms with E-state index in [0.29, 0.717) is 31.1 Å². The molecular weight excluding hydrogens is 442 g/mol. The molecule has 0 aliphatic carbocycles. The molecule has 2 N–H and O–H groups in total. The van der Waals surface area contributed by atoms with Crippen molar-refractivity contribution < 1.29 is 22.4 Å². The van der Waals surface area contributed by atoms with Gasteiger partial charge >= 0.3 is 0 Å². The Labute approximate surface area is 193 Å². The van der Waals surface area contributed by atoms with Crippen LogP contribution in [0.4, 0.5) is 0 Å². The molecular formula is C24H27N3O5S. The molecule has 1 aliphatic rings. The lowest BCUT2D eigenvalue weighted by Crippen LogP contribution is -2.43. The molecule has 0 radical (unpaired) electrons. The molecule has 174 valence electrons. The van der Waals surface area contributed by atoms with Crippen molar-refractivity contribution in [2.45, 2.75) is 17.5 Å². The van der Waals surface area contributed by atoms with Crippen LogP contribution in [0.25, 0.3) is 0 Å². The van der Waals surface area contributed by atoms with Crippen LogP contribution in [0.1, 0.15) is 27.7 Å². The fourth-order valence-electron chi connectivity index (χ4n) is 3.65. The van der Waals surface area contributed by atoms with Crippen molar-refractivity contribution >= 4 is 15.9 Å². The van der Waals surface area contributed by atoms with E-state index in [0.717, 1.165) is 18.7 Å². The summed E-state index contributed by atoms with van der Waals surface area (Å²) in [7, 11) is -3.72. The number of carbonyl (C=O) groups is 1. The smallest absolute Gasteiger partial charge is 0.251 e. The van der Waals surface area contributed by atoms with Crippen molar-refractivity contribution in [1.29, 1.82) is 0 Å². The summed E-state index contributed by atoms with van der Waals surface area (Å²) in [6, 6.07) is 18.9. The molecule has 8 nitrogen and oxygen atoms in total. The van der Waals surface area contributed by atoms with E-state index in [9.17, 15) is 13.2 Å². The SMILES string of the molecule is O=C(N[C@H](CN1CCOCC1)c1ccccc1)c1ccc(S(=O)(=O)NCc2ccco2)cc1. The maximum atomic E-state index is 13.0. The molecule has 33 heavy (non-hydrogen) atoms. The van der Waals surface area contributed by atoms with Crippen LogP contribution in [0, 0.1) is 0 Å². The molecule has 2 aromatic carbocycles. The zero-order valence-electron chi connectivity index (χ0n) is 18.1. The van der Waals surface area contributed by atoms with Crippen LogP contribution in [0.15, 0.2) is 82.3 Å². The van der Waals surface area contributed by atoms with Gasteiger partial charge in [-0.2, -0.15) is 0 Å². The molecule has 0 bridgehead atoms. The minimum absolute atomic E-state index is 0.0534. The summed E-state index contributed by atoms with van der Waals surface area (Å²) in [6.45, 7) is 3.71. The Morgan fingerprint density at radius 3 is 2.36 bits per heavy atom. The van der Waals surface area contributed by atoms with Crippen LogP contribution in [-0.2, 0) is 21.3 Å². The molecule has 9 heteroatoms. The number of sulfonamides is 1. The third kappa shape index (κ3) is 6.29. The second-order valence-corrected chi connectivity index (χ2v) is 9.54. The number of nitrogens with one attached hydrogen (secondary N) is 2. The lowest BCUT2D eigenvalue weighted by Gasteiger charge is -2.31. The highest BCUT2D eigenvalue weighted by Crippen LogP contribution is 2.17. The Morgan fingerprint density at radius 1 is 0.970 bits per heavy atom. The van der Waals surface area contributed by atoms with Crippen LogP contribution in [-0.4, -0.2) is 52.1 Å². The number of hydrogen-bond donors (Lipinski definition) is 2. The standard InChI is InChI=1S/C24H27N3O5S/c28-24(26-23(19-5-2-1-3-6-19)18-27-12-15-31-16-13-27)20-8-10-22(11-9-20)33(29,30)25-17-21-7-4-14-32-21/h1-11,14,23,25H,12-13,15-18H2,(H,26,28)/t23-/m1/s1. The number of ether oxygens (including phenoxy) is 1. The number of amides is 1. The highest BCUT2D eigenvalue weighted by molar-refractivity contribution is 7.89. The summed E-state index contributed by atoms with van der Waals surface area (Å²) in [6.07, 6.45) is 1.48. The maximum Gasteiger partial charge on any atom is 0.251 e. The first-order valence-corrected chi connectivity index (χ1v) is 12.3. The summed E-state index contributed by atoms with van der Waals surface area (Å²) in [5.41, 5.74) is 1.40. The predicted molar refractivity (Wildman–Crippen MR) is 123 cm³/mol. The van der Waals surface area contributed by atoms with Crippen LogP contribution < -0.4 is 10.0 Å². The number of hydrogen-bond acceptors (Lipinski definition) is 6. The molecule has 0 spiro atoms. The zero-order chi connectivity index (χ0) is 23.1. The molecule has 0 unspecified atom stereocenters. The van der Waals surface area contributed by atoms with Gasteiger partial charge in [-0.05, 0) is 42.0 Å². The van der Waals surface area contributed by atoms with Crippen molar-refractivity contribution in [2.24, 2.45) is 0 Å². The number of benzene rings is 2. The number of rotatable bonds is 9. The third-order valence-corrected chi connectivity index (χ3v) is 6.91. The summed E-state index contributed by atoms with van der Waals surface area (Å²) in [5, 5.41) is 3.10. The molecule has 2 heterocycles. The maximum absolute atomic E-state index is 13.0. The van der Waals surface area contributed by atoms with Crippen molar-refractivity contribution in [2.75, 3.05) is 32.8 Å². The van der Waals surface area contributed by atoms with E-state index in [1.54, 1.807) is 12.1 Å². The minimum atomic E-state index is -3.72. The number of furan rings is 1. The normalized spacial score (nSPS) is 15.8. The Balaban J connectivity index is 1.43. The summed E-state index contributed by atoms with van der Waals surface area (Å²) in [4.78, 5) is 15.3. The average molecular weight is 470 g/mol. The van der Waals surface area contributed by atoms with Gasteiger partial charge in [0.2, 0.25) is 10.0 Å². The monoisotopic (exact) mass is 469 g/mol. The topological polar surface area (TPSA) is 101 Å². The van der Waals surface area contributed by atoms with Gasteiger partial charge in [-0.3, -0.25) is 9.69 Å². The van der Waals surface area contributed by atoms with Gasteiger partial charge in [0.1, 0.15) is 5.76 Å². The summed E-state index contributed by atoms with van der Waals surface area (Å²) < 4.78 is 38.1. The summed E-state index contributed by atoms with van der Waals surface area (Å²) >= 11 is 0. The molecule has 4 rings (SSSR count). The van der Waals surface area contributed by atoms with Crippen LogP contribution in [0.3, 0.4) is 0 Å². The highest BCUT2D eigenvalue weighted by Gasteiger charge is 2.21. The fourth-order valence-corrected chi connectivity index (χ4v) is 4.64. The minimum Gasteiger partial charge on any atom is -0.468 e. The van der Waals surface area contributed by atoms with Crippen LogP contribution in [0.5, 0.6) is 0 Å². The Bertz CT molecular complexity index is 1130. The fraction of sp³-hybridized carbons (Fsp3) is 0.292. The Kier molecular flexibility index (Phi) is 7.56. The second kappa shape index (κ2) is 10.8. The molecule has 1 amide bonds. The molecule has 1 aromatic heterocycles. The lowest BCUT2D eigenvalue weighted by atomic mass is 10.1. The molecule has 1 atom stereocenters. The first-order chi connectivity index (χ1) is 16.0. The van der Waals surface area contributed by atoms with Crippen molar-refractivity contribution in [1.82, 2.24) is 14.9 Å². The van der Waals surface area contributed by atoms with Gasteiger partial charge in [-0.1, -0.05) is 30.3 Å². The quantitative estimate of drug-likeness (QED) is 0.500. The molecule has 1 saturated heterocycles. The van der Waals surface area contributed by atoms with E-state index in [1.807, 2.05) is 30.3 Å². The van der Waals surface area contributed by atoms with Gasteiger partial charge in [0.15, 0.2) is 0 Å². The van der Waals surface area contributed by atoms with E-state index in [4.69, 9.17) is 9.15 Å². The van der Waals surface area contributed by atoms with Gasteiger partial charge in [-0.25, -0.2) is 13.1 Å². The van der Waals surface area contributed by atoms with E-state index >= 15 is 0 Å². The van der Waals surface area contributed by atoms with E-state index in [1.165, 1.54) is 30.5 Å². The molecule has 3 aromatic rings. The van der Waals surface area contributed by atoms with E-state index in [-0.39, 0.29) is 23.4 Å². The van der Waals surface area contributed by atoms with Crippen LogP contribution >= 0.6 is 0 Å². The first kappa shape index (κ1) is 23.2. The molecule has 1 aliphatic heterocycles. The third-order valence-electron chi connectivity index (χ3n) is 5.50. The highest BCUT2D eigenvalue weighted by atomic mass is 32.2. The second-order valence-electron chi connectivity index (χ2n) is 7.78. The number of morpholine rings is 1. The average Bonchev–Trinajstić information content (AvgIpc) is 3.38. The largest absolute Gasteiger partial charge is 0.468 e. The van der Waals surface area contributed by atoms with Crippen LogP contribution in [0.2, 0.25) is 0 Å². The number of nitrogens with zero attached hydrogens (tertiary/aromatic N) is 1. The number of carbonyl (C=O) groups excluding carboxylic acids is 1. The zero-order valence-corrected chi connectivity index (χ0v) is 19.0. The lowest BCUT2D eigenvalue weighted by molar-refractivity contribution is 0.0332. The predicted octanol–water partition coefficient (Wildman–Crippen LogP) is 2.56. The van der Waals surface area contributed by atoms with Crippen molar-refractivity contribution in [3.8, 4) is 0 Å². The van der Waals surface area contributed by atoms with Crippen molar-refractivity contribution in [3.05, 3.63) is 89.9 Å². The van der Waals surface area contributed by atoms with Gasteiger partial charge < -0.3 is 14.5 Å². The van der Waals surface area contributed by atoms with Gasteiger partial charge in [0.25, 0.3) is 5.91 Å². The molecule has 1 fully saturated rings.